The lowest BCUT2D eigenvalue weighted by atomic mass is 10.1. The van der Waals surface area contributed by atoms with Crippen molar-refractivity contribution in [3.05, 3.63) is 36.3 Å². The number of carbonyl (C=O) groups is 1. The second-order valence-corrected chi connectivity index (χ2v) is 9.13. The van der Waals surface area contributed by atoms with Crippen molar-refractivity contribution in [3.63, 3.8) is 0 Å². The molecule has 33 heavy (non-hydrogen) atoms. The summed E-state index contributed by atoms with van der Waals surface area (Å²) >= 11 is 0. The number of aryl methyl sites for hydroxylation is 1. The number of piperidine rings is 1. The fourth-order valence-electron chi connectivity index (χ4n) is 4.13. The van der Waals surface area contributed by atoms with E-state index in [0.29, 0.717) is 30.7 Å². The standard InChI is InChI=1S/C24H30N6O3/c1-15(2)32-24(31)29-10-8-19(9-11-29)33-23-20-13-27-30(22(20)25-14-26-23)21-7-6-18(12-16(21)3)28-17-4-5-17/h6-7,12-15,17,19,28H,4-5,8-11H2,1-3H3. The van der Waals surface area contributed by atoms with Crippen LogP contribution in [0.5, 0.6) is 5.88 Å². The predicted octanol–water partition coefficient (Wildman–Crippen LogP) is 4.09. The summed E-state index contributed by atoms with van der Waals surface area (Å²) in [5.74, 6) is 0.527. The van der Waals surface area contributed by atoms with Crippen molar-refractivity contribution < 1.29 is 14.3 Å². The number of nitrogens with one attached hydrogen (secondary N) is 1. The molecule has 0 unspecified atom stereocenters. The number of fused-ring (bicyclic) bond motifs is 1. The molecule has 9 heteroatoms. The number of aromatic nitrogens is 4. The van der Waals surface area contributed by atoms with Gasteiger partial charge in [0, 0.05) is 37.7 Å². The number of ether oxygens (including phenoxy) is 2. The van der Waals surface area contributed by atoms with Crippen LogP contribution in [0.4, 0.5) is 10.5 Å². The number of anilines is 1. The molecule has 0 spiro atoms. The van der Waals surface area contributed by atoms with Crippen molar-refractivity contribution in [3.8, 4) is 11.6 Å². The average molecular weight is 451 g/mol. The van der Waals surface area contributed by atoms with Crippen molar-refractivity contribution in [2.45, 2.75) is 64.7 Å². The molecular weight excluding hydrogens is 420 g/mol. The molecule has 2 fully saturated rings. The van der Waals surface area contributed by atoms with E-state index in [-0.39, 0.29) is 18.3 Å². The monoisotopic (exact) mass is 450 g/mol. The van der Waals surface area contributed by atoms with Crippen molar-refractivity contribution in [1.82, 2.24) is 24.6 Å². The second kappa shape index (κ2) is 8.88. The minimum atomic E-state index is -0.261. The van der Waals surface area contributed by atoms with E-state index >= 15 is 0 Å². The van der Waals surface area contributed by atoms with Gasteiger partial charge in [-0.2, -0.15) is 5.10 Å². The number of benzene rings is 1. The van der Waals surface area contributed by atoms with Gasteiger partial charge in [0.15, 0.2) is 5.65 Å². The Morgan fingerprint density at radius 2 is 1.94 bits per heavy atom. The highest BCUT2D eigenvalue weighted by atomic mass is 16.6. The van der Waals surface area contributed by atoms with Crippen LogP contribution in [0.2, 0.25) is 0 Å². The van der Waals surface area contributed by atoms with Crippen LogP contribution >= 0.6 is 0 Å². The summed E-state index contributed by atoms with van der Waals surface area (Å²) in [7, 11) is 0. The summed E-state index contributed by atoms with van der Waals surface area (Å²) in [5.41, 5.74) is 3.95. The molecule has 1 aliphatic carbocycles. The smallest absolute Gasteiger partial charge is 0.410 e. The molecular formula is C24H30N6O3. The van der Waals surface area contributed by atoms with Crippen molar-refractivity contribution in [2.24, 2.45) is 0 Å². The Morgan fingerprint density at radius 1 is 1.15 bits per heavy atom. The first kappa shape index (κ1) is 21.5. The van der Waals surface area contributed by atoms with Crippen molar-refractivity contribution >= 4 is 22.8 Å². The molecule has 1 saturated carbocycles. The Bertz CT molecular complexity index is 1150. The molecule has 0 atom stereocenters. The first-order valence-electron chi connectivity index (χ1n) is 11.7. The summed E-state index contributed by atoms with van der Waals surface area (Å²) in [6, 6.07) is 6.92. The lowest BCUT2D eigenvalue weighted by molar-refractivity contribution is 0.0511. The summed E-state index contributed by atoms with van der Waals surface area (Å²) in [6.07, 6.45) is 6.80. The van der Waals surface area contributed by atoms with Crippen molar-refractivity contribution in [1.29, 1.82) is 0 Å². The van der Waals surface area contributed by atoms with E-state index in [9.17, 15) is 4.79 Å². The van der Waals surface area contributed by atoms with Gasteiger partial charge < -0.3 is 19.7 Å². The van der Waals surface area contributed by atoms with Crippen LogP contribution in [0, 0.1) is 6.92 Å². The van der Waals surface area contributed by atoms with Gasteiger partial charge in [0.25, 0.3) is 0 Å². The van der Waals surface area contributed by atoms with E-state index in [1.165, 1.54) is 19.2 Å². The van der Waals surface area contributed by atoms with E-state index in [4.69, 9.17) is 9.47 Å². The fourth-order valence-corrected chi connectivity index (χ4v) is 4.13. The molecule has 5 rings (SSSR count). The SMILES string of the molecule is Cc1cc(NC2CC2)ccc1-n1ncc2c(OC3CCN(C(=O)OC(C)C)CC3)ncnc21. The molecule has 1 N–H and O–H groups in total. The zero-order chi connectivity index (χ0) is 22.9. The Kier molecular flexibility index (Phi) is 5.78. The maximum atomic E-state index is 12.1. The maximum Gasteiger partial charge on any atom is 0.410 e. The molecule has 0 radical (unpaired) electrons. The molecule has 174 valence electrons. The maximum absolute atomic E-state index is 12.1. The summed E-state index contributed by atoms with van der Waals surface area (Å²) < 4.78 is 13.4. The molecule has 0 bridgehead atoms. The third-order valence-electron chi connectivity index (χ3n) is 6.02. The third-order valence-corrected chi connectivity index (χ3v) is 6.02. The van der Waals surface area contributed by atoms with Crippen LogP contribution in [0.3, 0.4) is 0 Å². The largest absolute Gasteiger partial charge is 0.474 e. The minimum Gasteiger partial charge on any atom is -0.474 e. The van der Waals surface area contributed by atoms with Gasteiger partial charge in [-0.05, 0) is 57.4 Å². The number of hydrogen-bond donors (Lipinski definition) is 1. The van der Waals surface area contributed by atoms with Gasteiger partial charge >= 0.3 is 6.09 Å². The van der Waals surface area contributed by atoms with E-state index in [1.807, 2.05) is 18.5 Å². The number of nitrogens with zero attached hydrogens (tertiary/aromatic N) is 5. The average Bonchev–Trinajstić information content (AvgIpc) is 3.50. The van der Waals surface area contributed by atoms with Gasteiger partial charge in [0.2, 0.25) is 5.88 Å². The second-order valence-electron chi connectivity index (χ2n) is 9.13. The van der Waals surface area contributed by atoms with E-state index < -0.39 is 0 Å². The summed E-state index contributed by atoms with van der Waals surface area (Å²) in [6.45, 7) is 7.00. The van der Waals surface area contributed by atoms with Crippen LogP contribution in [-0.4, -0.2) is 62.1 Å². The van der Waals surface area contributed by atoms with E-state index in [2.05, 4.69) is 45.5 Å². The fraction of sp³-hybridized carbons (Fsp3) is 0.500. The van der Waals surface area contributed by atoms with Gasteiger partial charge in [0.1, 0.15) is 17.8 Å². The Balaban J connectivity index is 1.30. The van der Waals surface area contributed by atoms with Crippen LogP contribution in [0.25, 0.3) is 16.7 Å². The molecule has 3 aromatic rings. The zero-order valence-electron chi connectivity index (χ0n) is 19.3. The van der Waals surface area contributed by atoms with Crippen LogP contribution < -0.4 is 10.1 Å². The summed E-state index contributed by atoms with van der Waals surface area (Å²) in [4.78, 5) is 22.7. The van der Waals surface area contributed by atoms with Gasteiger partial charge in [-0.15, -0.1) is 0 Å². The van der Waals surface area contributed by atoms with Gasteiger partial charge in [-0.3, -0.25) is 0 Å². The molecule has 3 heterocycles. The number of carbonyl (C=O) groups excluding carboxylic acids is 1. The van der Waals surface area contributed by atoms with Crippen LogP contribution in [0.1, 0.15) is 45.1 Å². The lowest BCUT2D eigenvalue weighted by Crippen LogP contribution is -2.42. The molecule has 1 amide bonds. The van der Waals surface area contributed by atoms with E-state index in [1.54, 1.807) is 11.1 Å². The minimum absolute atomic E-state index is 0.0240. The molecule has 1 saturated heterocycles. The van der Waals surface area contributed by atoms with Gasteiger partial charge in [-0.25, -0.2) is 19.4 Å². The third kappa shape index (κ3) is 4.72. The number of likely N-dealkylation sites (tertiary alicyclic amines) is 1. The number of rotatable bonds is 6. The highest BCUT2D eigenvalue weighted by molar-refractivity contribution is 5.81. The van der Waals surface area contributed by atoms with E-state index in [0.717, 1.165) is 35.2 Å². The van der Waals surface area contributed by atoms with Crippen LogP contribution in [0.15, 0.2) is 30.7 Å². The van der Waals surface area contributed by atoms with Crippen molar-refractivity contribution in [2.75, 3.05) is 18.4 Å². The molecule has 1 aromatic carbocycles. The summed E-state index contributed by atoms with van der Waals surface area (Å²) in [5, 5.41) is 8.90. The molecule has 9 nitrogen and oxygen atoms in total. The Hall–Kier alpha value is -3.36. The number of hydrogen-bond acceptors (Lipinski definition) is 7. The zero-order valence-corrected chi connectivity index (χ0v) is 19.3. The van der Waals surface area contributed by atoms with Gasteiger partial charge in [0.05, 0.1) is 18.0 Å². The number of amides is 1. The Morgan fingerprint density at radius 3 is 2.64 bits per heavy atom. The lowest BCUT2D eigenvalue weighted by Gasteiger charge is -2.31. The predicted molar refractivity (Wildman–Crippen MR) is 125 cm³/mol. The normalized spacial score (nSPS) is 16.9. The highest BCUT2D eigenvalue weighted by Crippen LogP contribution is 2.29. The van der Waals surface area contributed by atoms with Crippen LogP contribution in [-0.2, 0) is 4.74 Å². The van der Waals surface area contributed by atoms with Gasteiger partial charge in [-0.1, -0.05) is 0 Å². The quantitative estimate of drug-likeness (QED) is 0.604. The first-order valence-corrected chi connectivity index (χ1v) is 11.7. The molecule has 2 aliphatic rings. The first-order chi connectivity index (χ1) is 16.0. The molecule has 1 aliphatic heterocycles. The molecule has 2 aromatic heterocycles. The Labute approximate surface area is 193 Å². The highest BCUT2D eigenvalue weighted by Gasteiger charge is 2.27. The topological polar surface area (TPSA) is 94.4 Å².